The molecule has 1 amide bonds. The van der Waals surface area contributed by atoms with E-state index in [1.807, 2.05) is 43.9 Å². The quantitative estimate of drug-likeness (QED) is 0.424. The Balaban J connectivity index is 1.34. The zero-order valence-corrected chi connectivity index (χ0v) is 22.6. The van der Waals surface area contributed by atoms with E-state index in [4.69, 9.17) is 9.47 Å². The standard InChI is InChI=1S/C31H41NO5/c1-28(2,3)37-27(35)32-19-29(4)14-9-15-31-23-13-8-12-21(25(31)33)30(23,18-22(32)24(29)31)16-17-36-26(34)20-10-6-5-7-11-20/h5-8,10-12,21-25,33H,9,13-19H2,1-4H3/t21-,22+,23-,24-,25?,29+,30+,31-/m1/s1. The number of rotatable bonds is 4. The molecule has 4 fully saturated rings. The third-order valence-electron chi connectivity index (χ3n) is 10.6. The molecule has 1 N–H and O–H groups in total. The summed E-state index contributed by atoms with van der Waals surface area (Å²) in [5, 5.41) is 12.1. The first-order valence-corrected chi connectivity index (χ1v) is 14.1. The second-order valence-electron chi connectivity index (χ2n) is 13.6. The van der Waals surface area contributed by atoms with Crippen LogP contribution in [0.4, 0.5) is 4.79 Å². The lowest BCUT2D eigenvalue weighted by molar-refractivity contribution is -0.135. The SMILES string of the molecule is CC(C)(C)OC(=O)N1C[C@]2(C)CCC[C@@]34C(O)[C@H]5C=CC[C@@H]3[C@@]5(CCOC(=O)c3ccccc3)C[C@H]1[C@H]24. The maximum absolute atomic E-state index is 13.5. The lowest BCUT2D eigenvalue weighted by atomic mass is 9.44. The maximum atomic E-state index is 13.5. The van der Waals surface area contributed by atoms with Crippen LogP contribution < -0.4 is 0 Å². The van der Waals surface area contributed by atoms with Crippen LogP contribution in [-0.2, 0) is 9.47 Å². The van der Waals surface area contributed by atoms with E-state index in [2.05, 4.69) is 19.1 Å². The van der Waals surface area contributed by atoms with Crippen molar-refractivity contribution in [3.05, 3.63) is 48.0 Å². The summed E-state index contributed by atoms with van der Waals surface area (Å²) in [6.45, 7) is 9.11. The molecule has 5 aliphatic rings. The molecule has 3 saturated carbocycles. The fraction of sp³-hybridized carbons (Fsp3) is 0.677. The van der Waals surface area contributed by atoms with Gasteiger partial charge in [-0.1, -0.05) is 43.7 Å². The van der Waals surface area contributed by atoms with Crippen molar-refractivity contribution < 1.29 is 24.2 Å². The van der Waals surface area contributed by atoms with Crippen LogP contribution in [0.2, 0.25) is 0 Å². The summed E-state index contributed by atoms with van der Waals surface area (Å²) in [6, 6.07) is 9.15. The number of benzene rings is 1. The lowest BCUT2D eigenvalue weighted by Crippen LogP contribution is -2.59. The fourth-order valence-electron chi connectivity index (χ4n) is 9.75. The Morgan fingerprint density at radius 3 is 2.65 bits per heavy atom. The number of ether oxygens (including phenoxy) is 2. The number of hydrogen-bond donors (Lipinski definition) is 1. The molecule has 1 aliphatic heterocycles. The van der Waals surface area contributed by atoms with E-state index in [1.165, 1.54) is 0 Å². The minimum Gasteiger partial charge on any atom is -0.462 e. The molecule has 1 heterocycles. The number of likely N-dealkylation sites (tertiary alicyclic amines) is 1. The van der Waals surface area contributed by atoms with Gasteiger partial charge in [0, 0.05) is 23.9 Å². The third kappa shape index (κ3) is 3.54. The molecular weight excluding hydrogens is 466 g/mol. The molecule has 4 bridgehead atoms. The molecule has 4 aliphatic carbocycles. The predicted octanol–water partition coefficient (Wildman–Crippen LogP) is 5.60. The van der Waals surface area contributed by atoms with Crippen molar-refractivity contribution in [3.8, 4) is 0 Å². The molecule has 8 atom stereocenters. The van der Waals surface area contributed by atoms with E-state index in [1.54, 1.807) is 12.1 Å². The Hall–Kier alpha value is -2.34. The molecule has 1 saturated heterocycles. The number of nitrogens with zero attached hydrogens (tertiary/aromatic N) is 1. The average molecular weight is 508 g/mol. The number of aliphatic hydroxyl groups is 1. The van der Waals surface area contributed by atoms with E-state index in [-0.39, 0.29) is 46.2 Å². The van der Waals surface area contributed by atoms with Crippen LogP contribution >= 0.6 is 0 Å². The van der Waals surface area contributed by atoms with Gasteiger partial charge in [-0.25, -0.2) is 9.59 Å². The summed E-state index contributed by atoms with van der Waals surface area (Å²) in [4.78, 5) is 28.3. The van der Waals surface area contributed by atoms with Gasteiger partial charge in [0.25, 0.3) is 0 Å². The summed E-state index contributed by atoms with van der Waals surface area (Å²) < 4.78 is 11.7. The molecule has 0 radical (unpaired) electrons. The highest BCUT2D eigenvalue weighted by molar-refractivity contribution is 5.89. The van der Waals surface area contributed by atoms with Crippen molar-refractivity contribution in [1.29, 1.82) is 0 Å². The monoisotopic (exact) mass is 507 g/mol. The molecule has 6 nitrogen and oxygen atoms in total. The van der Waals surface area contributed by atoms with Gasteiger partial charge in [0.05, 0.1) is 18.3 Å². The number of carbonyl (C=O) groups is 2. The molecule has 6 rings (SSSR count). The first-order chi connectivity index (χ1) is 17.5. The van der Waals surface area contributed by atoms with Gasteiger partial charge < -0.3 is 19.5 Å². The van der Waals surface area contributed by atoms with Crippen molar-refractivity contribution in [2.45, 2.75) is 84.0 Å². The van der Waals surface area contributed by atoms with E-state index in [0.717, 1.165) is 32.1 Å². The molecule has 6 heteroatoms. The van der Waals surface area contributed by atoms with Crippen molar-refractivity contribution in [2.24, 2.45) is 34.0 Å². The summed E-state index contributed by atoms with van der Waals surface area (Å²) >= 11 is 0. The van der Waals surface area contributed by atoms with Crippen LogP contribution in [0.3, 0.4) is 0 Å². The molecule has 1 unspecified atom stereocenters. The van der Waals surface area contributed by atoms with Crippen LogP contribution in [0.5, 0.6) is 0 Å². The second-order valence-corrected chi connectivity index (χ2v) is 13.6. The van der Waals surface area contributed by atoms with Gasteiger partial charge in [-0.05, 0) is 87.7 Å². The van der Waals surface area contributed by atoms with Gasteiger partial charge in [0.15, 0.2) is 0 Å². The van der Waals surface area contributed by atoms with Gasteiger partial charge in [-0.3, -0.25) is 0 Å². The summed E-state index contributed by atoms with van der Waals surface area (Å²) in [6.07, 6.45) is 9.47. The first-order valence-electron chi connectivity index (χ1n) is 14.1. The molecule has 1 spiro atoms. The minimum absolute atomic E-state index is 0.0233. The van der Waals surface area contributed by atoms with Crippen LogP contribution in [-0.4, -0.2) is 53.0 Å². The maximum Gasteiger partial charge on any atom is 0.410 e. The van der Waals surface area contributed by atoms with Gasteiger partial charge in [-0.15, -0.1) is 0 Å². The van der Waals surface area contributed by atoms with E-state index in [0.29, 0.717) is 31.1 Å². The predicted molar refractivity (Wildman–Crippen MR) is 140 cm³/mol. The van der Waals surface area contributed by atoms with Crippen LogP contribution in [0.1, 0.15) is 76.6 Å². The Bertz CT molecular complexity index is 1110. The molecule has 1 aromatic rings. The topological polar surface area (TPSA) is 76.1 Å². The highest BCUT2D eigenvalue weighted by Crippen LogP contribution is 2.78. The van der Waals surface area contributed by atoms with Crippen LogP contribution in [0.25, 0.3) is 0 Å². The van der Waals surface area contributed by atoms with Gasteiger partial charge >= 0.3 is 12.1 Å². The smallest absolute Gasteiger partial charge is 0.410 e. The zero-order valence-electron chi connectivity index (χ0n) is 22.6. The summed E-state index contributed by atoms with van der Waals surface area (Å²) in [7, 11) is 0. The largest absolute Gasteiger partial charge is 0.462 e. The van der Waals surface area contributed by atoms with Gasteiger partial charge in [-0.2, -0.15) is 0 Å². The number of hydrogen-bond acceptors (Lipinski definition) is 5. The van der Waals surface area contributed by atoms with Gasteiger partial charge in [0.1, 0.15) is 5.60 Å². The lowest BCUT2D eigenvalue weighted by Gasteiger charge is -2.60. The van der Waals surface area contributed by atoms with Crippen molar-refractivity contribution >= 4 is 12.1 Å². The summed E-state index contributed by atoms with van der Waals surface area (Å²) in [5.41, 5.74) is -0.440. The van der Waals surface area contributed by atoms with Crippen molar-refractivity contribution in [3.63, 3.8) is 0 Å². The molecule has 1 aromatic carbocycles. The highest BCUT2D eigenvalue weighted by atomic mass is 16.6. The van der Waals surface area contributed by atoms with E-state index >= 15 is 0 Å². The molecule has 200 valence electrons. The number of esters is 1. The van der Waals surface area contributed by atoms with Crippen molar-refractivity contribution in [2.75, 3.05) is 13.2 Å². The fourth-order valence-corrected chi connectivity index (χ4v) is 9.75. The van der Waals surface area contributed by atoms with Gasteiger partial charge in [0.2, 0.25) is 0 Å². The molecular formula is C31H41NO5. The highest BCUT2D eigenvalue weighted by Gasteiger charge is 2.78. The Labute approximate surface area is 220 Å². The number of carbonyl (C=O) groups excluding carboxylic acids is 2. The van der Waals surface area contributed by atoms with E-state index < -0.39 is 11.7 Å². The number of amides is 1. The van der Waals surface area contributed by atoms with Crippen LogP contribution in [0, 0.1) is 34.0 Å². The Morgan fingerprint density at radius 2 is 1.92 bits per heavy atom. The average Bonchev–Trinajstić information content (AvgIpc) is 3.13. The first kappa shape index (κ1) is 25.0. The van der Waals surface area contributed by atoms with Crippen LogP contribution in [0.15, 0.2) is 42.5 Å². The zero-order chi connectivity index (χ0) is 26.2. The Kier molecular flexibility index (Phi) is 5.62. The van der Waals surface area contributed by atoms with Crippen molar-refractivity contribution in [1.82, 2.24) is 4.90 Å². The number of aliphatic hydroxyl groups excluding tert-OH is 1. The minimum atomic E-state index is -0.556. The second kappa shape index (κ2) is 8.33. The molecule has 0 aromatic heterocycles. The normalized spacial score (nSPS) is 41.3. The molecule has 37 heavy (non-hydrogen) atoms. The number of allylic oxidation sites excluding steroid dienone is 1. The Morgan fingerprint density at radius 1 is 1.16 bits per heavy atom. The summed E-state index contributed by atoms with van der Waals surface area (Å²) in [5.74, 6) is 0.308. The van der Waals surface area contributed by atoms with E-state index in [9.17, 15) is 14.7 Å². The third-order valence-corrected chi connectivity index (χ3v) is 10.6.